The first-order chi connectivity index (χ1) is 13.1. The lowest BCUT2D eigenvalue weighted by atomic mass is 9.79. The zero-order valence-electron chi connectivity index (χ0n) is 14.3. The van der Waals surface area contributed by atoms with Crippen LogP contribution in [0.15, 0.2) is 79.1 Å². The molecule has 6 nitrogen and oxygen atoms in total. The minimum Gasteiger partial charge on any atom is -0.508 e. The summed E-state index contributed by atoms with van der Waals surface area (Å²) < 4.78 is 0. The minimum atomic E-state index is -0.395. The molecule has 6 heteroatoms. The summed E-state index contributed by atoms with van der Waals surface area (Å²) in [6, 6.07) is 18.9. The van der Waals surface area contributed by atoms with E-state index in [0.717, 1.165) is 11.1 Å². The Hall–Kier alpha value is -3.67. The van der Waals surface area contributed by atoms with Crippen molar-refractivity contribution >= 4 is 11.8 Å². The van der Waals surface area contributed by atoms with E-state index < -0.39 is 5.92 Å². The molecule has 2 amide bonds. The number of nitrogens with one attached hydrogen (secondary N) is 1. The Balaban J connectivity index is 1.65. The van der Waals surface area contributed by atoms with Crippen LogP contribution in [0.25, 0.3) is 0 Å². The molecular weight excluding hydrogens is 342 g/mol. The highest BCUT2D eigenvalue weighted by Gasteiger charge is 2.50. The van der Waals surface area contributed by atoms with Crippen molar-refractivity contribution in [1.82, 2.24) is 15.4 Å². The van der Waals surface area contributed by atoms with E-state index in [4.69, 9.17) is 0 Å². The summed E-state index contributed by atoms with van der Waals surface area (Å²) >= 11 is 0. The second kappa shape index (κ2) is 6.92. The minimum absolute atomic E-state index is 0.146. The number of carbonyl (C=O) groups excluding carboxylic acids is 2. The molecule has 27 heavy (non-hydrogen) atoms. The molecule has 134 valence electrons. The zero-order chi connectivity index (χ0) is 18.8. The van der Waals surface area contributed by atoms with Gasteiger partial charge in [0.05, 0.1) is 12.0 Å². The number of hydrogen-bond donors (Lipinski definition) is 2. The molecule has 1 aliphatic heterocycles. The third-order valence-electron chi connectivity index (χ3n) is 4.66. The average molecular weight is 359 g/mol. The summed E-state index contributed by atoms with van der Waals surface area (Å²) in [5.41, 5.74) is 4.84. The Morgan fingerprint density at radius 3 is 2.26 bits per heavy atom. The Morgan fingerprint density at radius 1 is 0.926 bits per heavy atom. The molecule has 2 atom stereocenters. The second-order valence-electron chi connectivity index (χ2n) is 6.31. The summed E-state index contributed by atoms with van der Waals surface area (Å²) in [5, 5.41) is 10.9. The summed E-state index contributed by atoms with van der Waals surface area (Å²) in [5.74, 6) is -0.802. The second-order valence-corrected chi connectivity index (χ2v) is 6.31. The average Bonchev–Trinajstić information content (AvgIpc) is 2.72. The van der Waals surface area contributed by atoms with Crippen LogP contribution < -0.4 is 5.43 Å². The van der Waals surface area contributed by atoms with Crippen LogP contribution in [-0.4, -0.2) is 26.9 Å². The van der Waals surface area contributed by atoms with Gasteiger partial charge in [-0.25, -0.2) is 5.01 Å². The van der Waals surface area contributed by atoms with Gasteiger partial charge in [-0.05, 0) is 35.4 Å². The molecule has 0 unspecified atom stereocenters. The number of aromatic nitrogens is 1. The van der Waals surface area contributed by atoms with E-state index in [0.29, 0.717) is 5.56 Å². The molecule has 1 fully saturated rings. The number of hydrazine groups is 1. The molecular formula is C21H17N3O3. The van der Waals surface area contributed by atoms with Crippen molar-refractivity contribution in [3.63, 3.8) is 0 Å². The molecule has 1 aliphatic rings. The number of pyridine rings is 1. The van der Waals surface area contributed by atoms with Gasteiger partial charge in [0.15, 0.2) is 0 Å². The number of phenols is 1. The molecule has 2 aromatic carbocycles. The maximum Gasteiger partial charge on any atom is 0.270 e. The van der Waals surface area contributed by atoms with Gasteiger partial charge in [-0.15, -0.1) is 0 Å². The smallest absolute Gasteiger partial charge is 0.270 e. The van der Waals surface area contributed by atoms with E-state index in [2.05, 4.69) is 10.4 Å². The lowest BCUT2D eigenvalue weighted by molar-refractivity contribution is -0.154. The van der Waals surface area contributed by atoms with Crippen LogP contribution in [0.2, 0.25) is 0 Å². The number of aromatic hydroxyl groups is 1. The lowest BCUT2D eigenvalue weighted by Gasteiger charge is -2.47. The monoisotopic (exact) mass is 359 g/mol. The Kier molecular flexibility index (Phi) is 4.30. The molecule has 3 aromatic rings. The Bertz CT molecular complexity index is 959. The summed E-state index contributed by atoms with van der Waals surface area (Å²) in [4.78, 5) is 29.2. The van der Waals surface area contributed by atoms with Crippen LogP contribution in [0, 0.1) is 0 Å². The van der Waals surface area contributed by atoms with Gasteiger partial charge in [-0.2, -0.15) is 0 Å². The summed E-state index contributed by atoms with van der Waals surface area (Å²) in [6.07, 6.45) is 3.05. The molecule has 0 aliphatic carbocycles. The van der Waals surface area contributed by atoms with Crippen LogP contribution in [0.3, 0.4) is 0 Å². The molecule has 0 radical (unpaired) electrons. The fourth-order valence-electron chi connectivity index (χ4n) is 3.29. The zero-order valence-corrected chi connectivity index (χ0v) is 14.3. The van der Waals surface area contributed by atoms with Gasteiger partial charge in [0.1, 0.15) is 5.75 Å². The molecule has 4 rings (SSSR count). The number of hydrogen-bond acceptors (Lipinski definition) is 4. The lowest BCUT2D eigenvalue weighted by Crippen LogP contribution is -2.60. The SMILES string of the molecule is O=C(NN1C(=O)[C@@H](c2ccccc2)[C@@H]1c1ccc(O)cc1)c1ccncc1. The predicted octanol–water partition coefficient (Wildman–Crippen LogP) is 2.80. The number of rotatable bonds is 4. The van der Waals surface area contributed by atoms with Crippen molar-refractivity contribution in [3.8, 4) is 5.75 Å². The van der Waals surface area contributed by atoms with Crippen LogP contribution >= 0.6 is 0 Å². The standard InChI is InChI=1S/C21H17N3O3/c25-17-8-6-15(7-9-17)19-18(14-4-2-1-3-5-14)21(27)24(19)23-20(26)16-10-12-22-13-11-16/h1-13,18-19,25H,(H,23,26)/t18-,19-/m0/s1. The fourth-order valence-corrected chi connectivity index (χ4v) is 3.29. The first kappa shape index (κ1) is 16.8. The highest BCUT2D eigenvalue weighted by Crippen LogP contribution is 2.45. The van der Waals surface area contributed by atoms with Crippen molar-refractivity contribution in [2.24, 2.45) is 0 Å². The van der Waals surface area contributed by atoms with Crippen LogP contribution in [0.5, 0.6) is 5.75 Å². The van der Waals surface area contributed by atoms with E-state index in [9.17, 15) is 14.7 Å². The van der Waals surface area contributed by atoms with E-state index in [1.54, 1.807) is 36.4 Å². The number of phenolic OH excluding ortho intramolecular Hbond substituents is 1. The van der Waals surface area contributed by atoms with Gasteiger partial charge in [0.2, 0.25) is 0 Å². The molecule has 0 spiro atoms. The van der Waals surface area contributed by atoms with Crippen molar-refractivity contribution in [2.45, 2.75) is 12.0 Å². The van der Waals surface area contributed by atoms with Gasteiger partial charge in [0, 0.05) is 18.0 Å². The number of amides is 2. The Labute approximate surface area is 156 Å². The number of benzene rings is 2. The topological polar surface area (TPSA) is 82.5 Å². The molecule has 2 N–H and O–H groups in total. The predicted molar refractivity (Wildman–Crippen MR) is 98.6 cm³/mol. The van der Waals surface area contributed by atoms with Gasteiger partial charge >= 0.3 is 0 Å². The number of β-lactam (4-membered cyclic amide) rings is 1. The van der Waals surface area contributed by atoms with Gasteiger partial charge < -0.3 is 5.11 Å². The van der Waals surface area contributed by atoms with E-state index >= 15 is 0 Å². The maximum absolute atomic E-state index is 12.8. The molecule has 0 saturated carbocycles. The Morgan fingerprint density at radius 2 is 1.59 bits per heavy atom. The van der Waals surface area contributed by atoms with Gasteiger partial charge in [-0.1, -0.05) is 42.5 Å². The molecule has 1 aromatic heterocycles. The van der Waals surface area contributed by atoms with Crippen molar-refractivity contribution in [1.29, 1.82) is 0 Å². The fraction of sp³-hybridized carbons (Fsp3) is 0.0952. The van der Waals surface area contributed by atoms with E-state index in [1.165, 1.54) is 17.4 Å². The van der Waals surface area contributed by atoms with E-state index in [1.807, 2.05) is 30.3 Å². The quantitative estimate of drug-likeness (QED) is 0.702. The van der Waals surface area contributed by atoms with Crippen LogP contribution in [0.4, 0.5) is 0 Å². The maximum atomic E-state index is 12.8. The first-order valence-corrected chi connectivity index (χ1v) is 8.53. The number of carbonyl (C=O) groups is 2. The normalized spacial score (nSPS) is 18.7. The van der Waals surface area contributed by atoms with Crippen LogP contribution in [0.1, 0.15) is 33.4 Å². The first-order valence-electron chi connectivity index (χ1n) is 8.53. The third-order valence-corrected chi connectivity index (χ3v) is 4.66. The van der Waals surface area contributed by atoms with Gasteiger partial charge in [0.25, 0.3) is 11.8 Å². The van der Waals surface area contributed by atoms with Crippen LogP contribution in [-0.2, 0) is 4.79 Å². The molecule has 1 saturated heterocycles. The molecule has 0 bridgehead atoms. The summed E-state index contributed by atoms with van der Waals surface area (Å²) in [6.45, 7) is 0. The van der Waals surface area contributed by atoms with Crippen molar-refractivity contribution in [2.75, 3.05) is 0 Å². The number of nitrogens with zero attached hydrogens (tertiary/aromatic N) is 2. The highest BCUT2D eigenvalue weighted by molar-refractivity contribution is 5.98. The highest BCUT2D eigenvalue weighted by atomic mass is 16.3. The largest absolute Gasteiger partial charge is 0.508 e. The van der Waals surface area contributed by atoms with Crippen molar-refractivity contribution < 1.29 is 14.7 Å². The van der Waals surface area contributed by atoms with Crippen molar-refractivity contribution in [3.05, 3.63) is 95.8 Å². The summed E-state index contributed by atoms with van der Waals surface area (Å²) in [7, 11) is 0. The molecule has 2 heterocycles. The van der Waals surface area contributed by atoms with Gasteiger partial charge in [-0.3, -0.25) is 20.0 Å². The third kappa shape index (κ3) is 3.13. The van der Waals surface area contributed by atoms with E-state index in [-0.39, 0.29) is 23.6 Å².